The van der Waals surface area contributed by atoms with E-state index in [4.69, 9.17) is 14.5 Å². The first-order valence-corrected chi connectivity index (χ1v) is 5.14. The fraction of sp³-hybridized carbons (Fsp3) is 1.00. The van der Waals surface area contributed by atoms with Crippen molar-refractivity contribution in [3.05, 3.63) is 0 Å². The number of methoxy groups -OCH3 is 1. The maximum absolute atomic E-state index is 8.97. The zero-order valence-corrected chi connectivity index (χ0v) is 8.11. The van der Waals surface area contributed by atoms with E-state index in [9.17, 15) is 0 Å². The van der Waals surface area contributed by atoms with Gasteiger partial charge >= 0.3 is 0 Å². The molecule has 1 aliphatic carbocycles. The Morgan fingerprint density at radius 3 is 2.46 bits per heavy atom. The van der Waals surface area contributed by atoms with E-state index < -0.39 is 0 Å². The lowest BCUT2D eigenvalue weighted by Gasteiger charge is -2.25. The highest BCUT2D eigenvalue weighted by Crippen LogP contribution is 2.41. The average molecular weight is 184 g/mol. The molecule has 2 aliphatic rings. The summed E-state index contributed by atoms with van der Waals surface area (Å²) < 4.78 is 10.5. The molecule has 1 saturated heterocycles. The molecule has 0 radical (unpaired) electrons. The number of hydrogen-bond acceptors (Lipinski definition) is 3. The van der Waals surface area contributed by atoms with Gasteiger partial charge in [-0.3, -0.25) is 0 Å². The summed E-state index contributed by atoms with van der Waals surface area (Å²) in [7, 11) is 2.05. The van der Waals surface area contributed by atoms with Crippen molar-refractivity contribution >= 4 is 7.48 Å². The summed E-state index contributed by atoms with van der Waals surface area (Å²) in [5, 5.41) is 8.97. The first-order chi connectivity index (χ1) is 6.35. The van der Waals surface area contributed by atoms with Gasteiger partial charge in [-0.15, -0.1) is 0 Å². The summed E-state index contributed by atoms with van der Waals surface area (Å²) in [4.78, 5) is 0. The Hall–Kier alpha value is -0.0551. The van der Waals surface area contributed by atoms with E-state index in [1.54, 1.807) is 7.11 Å². The monoisotopic (exact) mass is 184 g/mol. The van der Waals surface area contributed by atoms with Crippen molar-refractivity contribution in [2.24, 2.45) is 5.92 Å². The molecule has 13 heavy (non-hydrogen) atoms. The molecule has 2 fully saturated rings. The Labute approximate surface area is 79.7 Å². The van der Waals surface area contributed by atoms with Crippen LogP contribution in [-0.4, -0.2) is 32.0 Å². The normalized spacial score (nSPS) is 44.5. The Morgan fingerprint density at radius 1 is 1.31 bits per heavy atom. The fourth-order valence-corrected chi connectivity index (χ4v) is 2.33. The first-order valence-electron chi connectivity index (χ1n) is 5.14. The molecular formula is C9H17BO3. The van der Waals surface area contributed by atoms with Crippen LogP contribution in [-0.2, 0) is 9.47 Å². The topological polar surface area (TPSA) is 42.0 Å². The molecule has 1 N–H and O–H groups in total. The largest absolute Gasteiger partial charge is 0.454 e. The van der Waals surface area contributed by atoms with E-state index >= 15 is 0 Å². The van der Waals surface area contributed by atoms with Gasteiger partial charge in [-0.1, -0.05) is 12.8 Å². The summed E-state index contributed by atoms with van der Waals surface area (Å²) in [6.45, 7) is 0. The summed E-state index contributed by atoms with van der Waals surface area (Å²) in [5.41, 5.74) is 0. The average Bonchev–Trinajstić information content (AvgIpc) is 2.97. The second kappa shape index (κ2) is 3.99. The molecular weight excluding hydrogens is 167 g/mol. The van der Waals surface area contributed by atoms with Gasteiger partial charge in [0.2, 0.25) is 0 Å². The molecule has 2 atom stereocenters. The van der Waals surface area contributed by atoms with Gasteiger partial charge in [0.05, 0.1) is 0 Å². The Balaban J connectivity index is 1.73. The van der Waals surface area contributed by atoms with Gasteiger partial charge in [-0.05, 0) is 24.6 Å². The smallest absolute Gasteiger partial charge is 0.273 e. The number of ether oxygens (including phenoxy) is 2. The van der Waals surface area contributed by atoms with Gasteiger partial charge in [-0.25, -0.2) is 0 Å². The van der Waals surface area contributed by atoms with Crippen LogP contribution in [0.4, 0.5) is 0 Å². The quantitative estimate of drug-likeness (QED) is 0.518. The zero-order valence-electron chi connectivity index (χ0n) is 8.11. The number of hydrogen-bond donors (Lipinski definition) is 1. The minimum absolute atomic E-state index is 0.0654. The lowest BCUT2D eigenvalue weighted by molar-refractivity contribution is 0.0950. The minimum Gasteiger partial charge on any atom is -0.454 e. The summed E-state index contributed by atoms with van der Waals surface area (Å²) >= 11 is 0. The van der Waals surface area contributed by atoms with Crippen molar-refractivity contribution in [1.29, 1.82) is 0 Å². The number of epoxide rings is 1. The van der Waals surface area contributed by atoms with E-state index in [1.807, 2.05) is 0 Å². The molecule has 0 aromatic rings. The maximum Gasteiger partial charge on any atom is 0.273 e. The molecule has 74 valence electrons. The zero-order chi connectivity index (χ0) is 9.26. The third-order valence-corrected chi connectivity index (χ3v) is 3.33. The lowest BCUT2D eigenvalue weighted by atomic mass is 9.67. The molecule has 2 rings (SSSR count). The van der Waals surface area contributed by atoms with Crippen LogP contribution in [0.5, 0.6) is 0 Å². The standard InChI is InChI=1S/C9H17BO3/c1-12-9-8(13-9)6-2-4-7(10-11)5-3-6/h6-11H,2-5H2,1H3. The SMILES string of the molecule is COC1OC1C1CCC(BO)CC1. The van der Waals surface area contributed by atoms with Crippen LogP contribution in [0.1, 0.15) is 25.7 Å². The molecule has 0 aromatic carbocycles. The van der Waals surface area contributed by atoms with Crippen LogP contribution in [0.25, 0.3) is 0 Å². The van der Waals surface area contributed by atoms with Crippen LogP contribution in [0.3, 0.4) is 0 Å². The van der Waals surface area contributed by atoms with Crippen LogP contribution in [0.15, 0.2) is 0 Å². The van der Waals surface area contributed by atoms with E-state index in [-0.39, 0.29) is 6.29 Å². The van der Waals surface area contributed by atoms with Gasteiger partial charge in [0.1, 0.15) is 6.10 Å². The predicted octanol–water partition coefficient (Wildman–Crippen LogP) is 0.680. The Kier molecular flexibility index (Phi) is 2.91. The second-order valence-electron chi connectivity index (χ2n) is 4.17. The first kappa shape index (κ1) is 9.50. The van der Waals surface area contributed by atoms with Crippen molar-refractivity contribution in [1.82, 2.24) is 0 Å². The van der Waals surface area contributed by atoms with Gasteiger partial charge in [0.25, 0.3) is 7.48 Å². The highest BCUT2D eigenvalue weighted by Gasteiger charge is 2.45. The van der Waals surface area contributed by atoms with E-state index in [0.717, 1.165) is 12.8 Å². The van der Waals surface area contributed by atoms with Crippen molar-refractivity contribution < 1.29 is 14.5 Å². The summed E-state index contributed by atoms with van der Waals surface area (Å²) in [5.74, 6) is 1.21. The molecule has 0 bridgehead atoms. The molecule has 3 nitrogen and oxygen atoms in total. The minimum atomic E-state index is 0.0654. The molecule has 2 unspecified atom stereocenters. The molecule has 1 saturated carbocycles. The second-order valence-corrected chi connectivity index (χ2v) is 4.17. The van der Waals surface area contributed by atoms with Crippen molar-refractivity contribution in [2.75, 3.05) is 7.11 Å². The maximum atomic E-state index is 8.97. The summed E-state index contributed by atoms with van der Waals surface area (Å²) in [6, 6.07) is 0. The van der Waals surface area contributed by atoms with E-state index in [0.29, 0.717) is 25.3 Å². The molecule has 1 heterocycles. The van der Waals surface area contributed by atoms with E-state index in [2.05, 4.69) is 0 Å². The number of rotatable bonds is 3. The predicted molar refractivity (Wildman–Crippen MR) is 50.7 cm³/mol. The van der Waals surface area contributed by atoms with Crippen molar-refractivity contribution in [3.8, 4) is 0 Å². The third kappa shape index (κ3) is 2.06. The van der Waals surface area contributed by atoms with Crippen LogP contribution >= 0.6 is 0 Å². The molecule has 1 aliphatic heterocycles. The van der Waals surface area contributed by atoms with Gasteiger partial charge in [0, 0.05) is 7.11 Å². The van der Waals surface area contributed by atoms with Gasteiger partial charge in [0.15, 0.2) is 6.29 Å². The Morgan fingerprint density at radius 2 is 2.00 bits per heavy atom. The Bertz CT molecular complexity index is 168. The van der Waals surface area contributed by atoms with Crippen LogP contribution in [0, 0.1) is 5.92 Å². The van der Waals surface area contributed by atoms with Gasteiger partial charge < -0.3 is 14.5 Å². The molecule has 4 heteroatoms. The third-order valence-electron chi connectivity index (χ3n) is 3.33. The van der Waals surface area contributed by atoms with Crippen LogP contribution < -0.4 is 0 Å². The molecule has 0 amide bonds. The van der Waals surface area contributed by atoms with Gasteiger partial charge in [-0.2, -0.15) is 0 Å². The molecule has 0 aromatic heterocycles. The fourth-order valence-electron chi connectivity index (χ4n) is 2.33. The summed E-state index contributed by atoms with van der Waals surface area (Å²) in [6.07, 6.45) is 5.10. The van der Waals surface area contributed by atoms with Crippen molar-refractivity contribution in [3.63, 3.8) is 0 Å². The highest BCUT2D eigenvalue weighted by molar-refractivity contribution is 6.27. The van der Waals surface area contributed by atoms with Crippen LogP contribution in [0.2, 0.25) is 5.82 Å². The van der Waals surface area contributed by atoms with E-state index in [1.165, 1.54) is 12.8 Å². The highest BCUT2D eigenvalue weighted by atomic mass is 16.8. The van der Waals surface area contributed by atoms with Crippen molar-refractivity contribution in [2.45, 2.75) is 43.9 Å². The lowest BCUT2D eigenvalue weighted by Crippen LogP contribution is -2.20. The molecule has 0 spiro atoms.